The van der Waals surface area contributed by atoms with E-state index in [1.165, 1.54) is 24.0 Å². The van der Waals surface area contributed by atoms with Crippen molar-refractivity contribution in [3.63, 3.8) is 0 Å². The standard InChI is InChI=1S/C9H15N.C6H9NO/c1-8-5-3-4-6-9(8)7-10-2;1-7-5-6-3-2-4-8-6/h5-6,10H,3-4,7H2,1-2H3;2-4,7H,5H2,1H3. The number of likely N-dealkylation sites (N-methyl/N-ethyl adjacent to an activating group) is 1. The van der Waals surface area contributed by atoms with E-state index in [9.17, 15) is 0 Å². The molecule has 0 fully saturated rings. The van der Waals surface area contributed by atoms with E-state index >= 15 is 0 Å². The normalized spacial score (nSPS) is 14.4. The lowest BCUT2D eigenvalue weighted by Crippen LogP contribution is -2.12. The van der Waals surface area contributed by atoms with Crippen LogP contribution in [0.25, 0.3) is 0 Å². The van der Waals surface area contributed by atoms with E-state index in [-0.39, 0.29) is 0 Å². The molecular weight excluding hydrogens is 224 g/mol. The van der Waals surface area contributed by atoms with Gasteiger partial charge in [-0.15, -0.1) is 0 Å². The van der Waals surface area contributed by atoms with Crippen LogP contribution in [0.1, 0.15) is 25.5 Å². The van der Waals surface area contributed by atoms with E-state index in [1.807, 2.05) is 26.2 Å². The molecule has 0 amide bonds. The van der Waals surface area contributed by atoms with Crippen LogP contribution < -0.4 is 10.6 Å². The predicted octanol–water partition coefficient (Wildman–Crippen LogP) is 2.87. The molecule has 18 heavy (non-hydrogen) atoms. The van der Waals surface area contributed by atoms with Gasteiger partial charge in [0, 0.05) is 6.54 Å². The summed E-state index contributed by atoms with van der Waals surface area (Å²) in [6, 6.07) is 3.82. The zero-order valence-corrected chi connectivity index (χ0v) is 11.6. The maximum absolute atomic E-state index is 5.01. The minimum atomic E-state index is 0.812. The Kier molecular flexibility index (Phi) is 7.14. The fourth-order valence-corrected chi connectivity index (χ4v) is 1.84. The molecule has 0 saturated heterocycles. The second-order valence-electron chi connectivity index (χ2n) is 4.33. The highest BCUT2D eigenvalue weighted by Crippen LogP contribution is 2.16. The van der Waals surface area contributed by atoms with Crippen LogP contribution in [0, 0.1) is 0 Å². The van der Waals surface area contributed by atoms with Gasteiger partial charge in [-0.3, -0.25) is 0 Å². The molecule has 100 valence electrons. The van der Waals surface area contributed by atoms with Gasteiger partial charge in [0.15, 0.2) is 0 Å². The largest absolute Gasteiger partial charge is 0.468 e. The molecule has 0 aromatic carbocycles. The topological polar surface area (TPSA) is 37.2 Å². The van der Waals surface area contributed by atoms with Crippen LogP contribution in [-0.2, 0) is 6.54 Å². The number of rotatable bonds is 4. The molecule has 0 aliphatic heterocycles. The van der Waals surface area contributed by atoms with Crippen LogP contribution in [0.4, 0.5) is 0 Å². The maximum Gasteiger partial charge on any atom is 0.117 e. The summed E-state index contributed by atoms with van der Waals surface area (Å²) in [6.45, 7) is 4.01. The number of allylic oxidation sites excluding steroid dienone is 2. The van der Waals surface area contributed by atoms with Crippen molar-refractivity contribution >= 4 is 0 Å². The fourth-order valence-electron chi connectivity index (χ4n) is 1.84. The lowest BCUT2D eigenvalue weighted by molar-refractivity contribution is 0.495. The summed E-state index contributed by atoms with van der Waals surface area (Å²) in [5.74, 6) is 0.979. The molecule has 0 radical (unpaired) electrons. The molecule has 0 bridgehead atoms. The van der Waals surface area contributed by atoms with Crippen LogP contribution in [0.2, 0.25) is 0 Å². The van der Waals surface area contributed by atoms with Gasteiger partial charge in [0.05, 0.1) is 12.8 Å². The number of nitrogens with one attached hydrogen (secondary N) is 2. The third kappa shape index (κ3) is 5.34. The van der Waals surface area contributed by atoms with Crippen LogP contribution in [0.3, 0.4) is 0 Å². The minimum absolute atomic E-state index is 0.812. The summed E-state index contributed by atoms with van der Waals surface area (Å²) in [4.78, 5) is 0. The summed E-state index contributed by atoms with van der Waals surface area (Å²) in [7, 11) is 3.88. The number of hydrogen-bond acceptors (Lipinski definition) is 3. The third-order valence-corrected chi connectivity index (χ3v) is 2.81. The summed E-state index contributed by atoms with van der Waals surface area (Å²) >= 11 is 0. The molecule has 3 heteroatoms. The van der Waals surface area contributed by atoms with Crippen molar-refractivity contribution in [3.8, 4) is 0 Å². The number of furan rings is 1. The zero-order valence-electron chi connectivity index (χ0n) is 11.6. The Labute approximate surface area is 110 Å². The van der Waals surface area contributed by atoms with Gasteiger partial charge < -0.3 is 15.1 Å². The van der Waals surface area contributed by atoms with Gasteiger partial charge in [-0.25, -0.2) is 0 Å². The van der Waals surface area contributed by atoms with Gasteiger partial charge in [-0.1, -0.05) is 17.7 Å². The summed E-state index contributed by atoms with van der Waals surface area (Å²) in [5.41, 5.74) is 2.91. The lowest BCUT2D eigenvalue weighted by Gasteiger charge is -2.11. The Hall–Kier alpha value is -1.32. The van der Waals surface area contributed by atoms with Gasteiger partial charge in [0.2, 0.25) is 0 Å². The molecule has 0 unspecified atom stereocenters. The van der Waals surface area contributed by atoms with Crippen molar-refractivity contribution in [2.75, 3.05) is 20.6 Å². The molecule has 2 N–H and O–H groups in total. The van der Waals surface area contributed by atoms with E-state index in [0.29, 0.717) is 0 Å². The number of hydrogen-bond donors (Lipinski definition) is 2. The first kappa shape index (κ1) is 14.7. The van der Waals surface area contributed by atoms with E-state index in [0.717, 1.165) is 18.8 Å². The van der Waals surface area contributed by atoms with Gasteiger partial charge in [-0.05, 0) is 51.6 Å². The molecule has 0 saturated carbocycles. The third-order valence-electron chi connectivity index (χ3n) is 2.81. The highest BCUT2D eigenvalue weighted by Gasteiger charge is 2.01. The SMILES string of the molecule is CNCC1=CCCC=C1C.CNCc1ccco1. The predicted molar refractivity (Wildman–Crippen MR) is 76.5 cm³/mol. The van der Waals surface area contributed by atoms with E-state index < -0.39 is 0 Å². The highest BCUT2D eigenvalue weighted by atomic mass is 16.3. The lowest BCUT2D eigenvalue weighted by atomic mass is 9.99. The molecule has 1 aromatic heterocycles. The highest BCUT2D eigenvalue weighted by molar-refractivity contribution is 5.32. The van der Waals surface area contributed by atoms with E-state index in [4.69, 9.17) is 4.42 Å². The van der Waals surface area contributed by atoms with Gasteiger partial charge in [0.25, 0.3) is 0 Å². The van der Waals surface area contributed by atoms with Crippen molar-refractivity contribution in [2.24, 2.45) is 0 Å². The fraction of sp³-hybridized carbons (Fsp3) is 0.467. The summed E-state index contributed by atoms with van der Waals surface area (Å²) in [5, 5.41) is 6.14. The molecule has 0 spiro atoms. The van der Waals surface area contributed by atoms with Crippen LogP contribution in [-0.4, -0.2) is 20.6 Å². The van der Waals surface area contributed by atoms with E-state index in [1.54, 1.807) is 6.26 Å². The zero-order chi connectivity index (χ0) is 13.2. The minimum Gasteiger partial charge on any atom is -0.468 e. The Balaban J connectivity index is 0.000000184. The van der Waals surface area contributed by atoms with Gasteiger partial charge in [0.1, 0.15) is 5.76 Å². The van der Waals surface area contributed by atoms with Gasteiger partial charge in [-0.2, -0.15) is 0 Å². The first-order valence-electron chi connectivity index (χ1n) is 6.45. The molecular formula is C15H24N2O. The molecule has 1 aliphatic rings. The average Bonchev–Trinajstić information content (AvgIpc) is 2.87. The van der Waals surface area contributed by atoms with Crippen LogP contribution in [0.15, 0.2) is 46.1 Å². The van der Waals surface area contributed by atoms with Crippen LogP contribution in [0.5, 0.6) is 0 Å². The van der Waals surface area contributed by atoms with Crippen LogP contribution >= 0.6 is 0 Å². The van der Waals surface area contributed by atoms with Crippen molar-refractivity contribution in [3.05, 3.63) is 47.5 Å². The van der Waals surface area contributed by atoms with Crippen molar-refractivity contribution in [1.82, 2.24) is 10.6 Å². The van der Waals surface area contributed by atoms with Crippen molar-refractivity contribution in [1.29, 1.82) is 0 Å². The second-order valence-corrected chi connectivity index (χ2v) is 4.33. The average molecular weight is 248 g/mol. The molecule has 1 heterocycles. The molecule has 2 rings (SSSR count). The van der Waals surface area contributed by atoms with Crippen molar-refractivity contribution < 1.29 is 4.42 Å². The molecule has 1 aliphatic carbocycles. The second kappa shape index (κ2) is 8.72. The van der Waals surface area contributed by atoms with Crippen molar-refractivity contribution in [2.45, 2.75) is 26.3 Å². The monoisotopic (exact) mass is 248 g/mol. The first-order valence-corrected chi connectivity index (χ1v) is 6.45. The summed E-state index contributed by atoms with van der Waals surface area (Å²) in [6.07, 6.45) is 8.75. The smallest absolute Gasteiger partial charge is 0.117 e. The van der Waals surface area contributed by atoms with E-state index in [2.05, 4.69) is 29.7 Å². The Morgan fingerprint density at radius 2 is 1.83 bits per heavy atom. The quantitative estimate of drug-likeness (QED) is 0.860. The maximum atomic E-state index is 5.01. The van der Waals surface area contributed by atoms with Gasteiger partial charge >= 0.3 is 0 Å². The summed E-state index contributed by atoms with van der Waals surface area (Å²) < 4.78 is 5.01. The Morgan fingerprint density at radius 3 is 2.39 bits per heavy atom. The molecule has 1 aromatic rings. The Morgan fingerprint density at radius 1 is 1.11 bits per heavy atom. The molecule has 0 atom stereocenters. The Bertz CT molecular complexity index is 377. The first-order chi connectivity index (χ1) is 8.77. The molecule has 3 nitrogen and oxygen atoms in total.